The molecular formula is C13H16BrN3S. The summed E-state index contributed by atoms with van der Waals surface area (Å²) in [5, 5.41) is 3.59. The van der Waals surface area contributed by atoms with E-state index in [9.17, 15) is 0 Å². The lowest BCUT2D eigenvalue weighted by Gasteiger charge is -2.24. The van der Waals surface area contributed by atoms with Gasteiger partial charge in [0.05, 0.1) is 22.4 Å². The number of rotatable bonds is 3. The van der Waals surface area contributed by atoms with E-state index in [4.69, 9.17) is 0 Å². The fourth-order valence-electron chi connectivity index (χ4n) is 2.46. The Kier molecular flexibility index (Phi) is 3.82. The Bertz CT molecular complexity index is 514. The van der Waals surface area contributed by atoms with Crippen molar-refractivity contribution in [3.8, 4) is 0 Å². The van der Waals surface area contributed by atoms with Gasteiger partial charge in [0.2, 0.25) is 0 Å². The molecule has 5 heteroatoms. The van der Waals surface area contributed by atoms with E-state index >= 15 is 0 Å². The number of imidazole rings is 1. The van der Waals surface area contributed by atoms with Crippen molar-refractivity contribution in [1.29, 1.82) is 0 Å². The predicted octanol–water partition coefficient (Wildman–Crippen LogP) is 3.57. The summed E-state index contributed by atoms with van der Waals surface area (Å²) >= 11 is 5.30. The first-order chi connectivity index (χ1) is 8.83. The molecule has 3 nitrogen and oxygen atoms in total. The standard InChI is InChI=1S/C13H16BrN3S/c14-13-5-4-10(18-13)8-17-9-15-7-12(17)11-3-1-2-6-16-11/h4-5,7,9,11,16H,1-3,6,8H2. The van der Waals surface area contributed by atoms with Gasteiger partial charge in [0.1, 0.15) is 0 Å². The largest absolute Gasteiger partial charge is 0.328 e. The lowest BCUT2D eigenvalue weighted by molar-refractivity contribution is 0.396. The van der Waals surface area contributed by atoms with E-state index in [1.54, 1.807) is 11.3 Å². The summed E-state index contributed by atoms with van der Waals surface area (Å²) in [6.07, 6.45) is 7.78. The van der Waals surface area contributed by atoms with Crippen LogP contribution >= 0.6 is 27.3 Å². The Labute approximate surface area is 119 Å². The number of aromatic nitrogens is 2. The van der Waals surface area contributed by atoms with Gasteiger partial charge in [-0.15, -0.1) is 11.3 Å². The van der Waals surface area contributed by atoms with Crippen LogP contribution in [0, 0.1) is 0 Å². The van der Waals surface area contributed by atoms with Crippen molar-refractivity contribution in [2.45, 2.75) is 31.8 Å². The molecule has 1 saturated heterocycles. The van der Waals surface area contributed by atoms with Crippen molar-refractivity contribution in [3.63, 3.8) is 0 Å². The molecule has 1 fully saturated rings. The molecule has 1 N–H and O–H groups in total. The highest BCUT2D eigenvalue weighted by molar-refractivity contribution is 9.11. The molecule has 96 valence electrons. The van der Waals surface area contributed by atoms with Crippen LogP contribution < -0.4 is 5.32 Å². The van der Waals surface area contributed by atoms with Crippen LogP contribution in [-0.4, -0.2) is 16.1 Å². The molecule has 0 amide bonds. The summed E-state index contributed by atoms with van der Waals surface area (Å²) < 4.78 is 3.45. The SMILES string of the molecule is Brc1ccc(Cn2cncc2C2CCCCN2)s1. The highest BCUT2D eigenvalue weighted by atomic mass is 79.9. The van der Waals surface area contributed by atoms with Gasteiger partial charge in [-0.2, -0.15) is 0 Å². The highest BCUT2D eigenvalue weighted by Crippen LogP contribution is 2.26. The van der Waals surface area contributed by atoms with E-state index in [1.165, 1.54) is 33.6 Å². The minimum absolute atomic E-state index is 0.477. The summed E-state index contributed by atoms with van der Waals surface area (Å²) in [7, 11) is 0. The van der Waals surface area contributed by atoms with E-state index in [-0.39, 0.29) is 0 Å². The highest BCUT2D eigenvalue weighted by Gasteiger charge is 2.18. The third kappa shape index (κ3) is 2.68. The molecule has 1 atom stereocenters. The van der Waals surface area contributed by atoms with Gasteiger partial charge >= 0.3 is 0 Å². The van der Waals surface area contributed by atoms with Crippen molar-refractivity contribution in [1.82, 2.24) is 14.9 Å². The normalized spacial score (nSPS) is 20.2. The smallest absolute Gasteiger partial charge is 0.0952 e. The summed E-state index contributed by atoms with van der Waals surface area (Å²) in [6, 6.07) is 4.76. The molecule has 18 heavy (non-hydrogen) atoms. The monoisotopic (exact) mass is 325 g/mol. The average Bonchev–Trinajstić information content (AvgIpc) is 3.00. The van der Waals surface area contributed by atoms with Gasteiger partial charge in [-0.3, -0.25) is 0 Å². The second kappa shape index (κ2) is 5.55. The summed E-state index contributed by atoms with van der Waals surface area (Å²) in [5.41, 5.74) is 1.32. The number of thiophene rings is 1. The molecule has 1 aliphatic rings. The fraction of sp³-hybridized carbons (Fsp3) is 0.462. The van der Waals surface area contributed by atoms with E-state index in [0.717, 1.165) is 13.1 Å². The lowest BCUT2D eigenvalue weighted by atomic mass is 10.0. The molecule has 1 unspecified atom stereocenters. The van der Waals surface area contributed by atoms with Crippen LogP contribution in [0.4, 0.5) is 0 Å². The number of halogens is 1. The van der Waals surface area contributed by atoms with Gasteiger partial charge in [0.25, 0.3) is 0 Å². The molecule has 0 radical (unpaired) electrons. The van der Waals surface area contributed by atoms with Crippen LogP contribution in [0.3, 0.4) is 0 Å². The molecule has 2 aromatic rings. The first kappa shape index (κ1) is 12.4. The lowest BCUT2D eigenvalue weighted by Crippen LogP contribution is -2.28. The topological polar surface area (TPSA) is 29.9 Å². The van der Waals surface area contributed by atoms with Crippen molar-refractivity contribution in [3.05, 3.63) is 39.0 Å². The Morgan fingerprint density at radius 2 is 2.39 bits per heavy atom. The third-order valence-corrected chi connectivity index (χ3v) is 4.98. The average molecular weight is 326 g/mol. The van der Waals surface area contributed by atoms with Gasteiger partial charge in [0.15, 0.2) is 0 Å². The molecule has 0 spiro atoms. The fourth-order valence-corrected chi connectivity index (χ4v) is 3.94. The molecule has 3 heterocycles. The van der Waals surface area contributed by atoms with Gasteiger partial charge in [0, 0.05) is 17.1 Å². The molecule has 0 aliphatic carbocycles. The van der Waals surface area contributed by atoms with Gasteiger partial charge in [-0.25, -0.2) is 4.98 Å². The van der Waals surface area contributed by atoms with Crippen molar-refractivity contribution < 1.29 is 0 Å². The second-order valence-corrected chi connectivity index (χ2v) is 7.20. The van der Waals surface area contributed by atoms with E-state index in [2.05, 4.69) is 42.9 Å². The minimum atomic E-state index is 0.477. The second-order valence-electron chi connectivity index (χ2n) is 4.65. The van der Waals surface area contributed by atoms with Crippen LogP contribution in [0.15, 0.2) is 28.4 Å². The van der Waals surface area contributed by atoms with Gasteiger partial charge < -0.3 is 9.88 Å². The maximum absolute atomic E-state index is 4.32. The molecule has 2 aromatic heterocycles. The maximum atomic E-state index is 4.32. The first-order valence-corrected chi connectivity index (χ1v) is 7.91. The van der Waals surface area contributed by atoms with Crippen molar-refractivity contribution >= 4 is 27.3 Å². The molecular weight excluding hydrogens is 310 g/mol. The van der Waals surface area contributed by atoms with Crippen LogP contribution in [0.1, 0.15) is 35.9 Å². The van der Waals surface area contributed by atoms with Crippen LogP contribution in [-0.2, 0) is 6.54 Å². The molecule has 0 aromatic carbocycles. The summed E-state index contributed by atoms with van der Waals surface area (Å²) in [6.45, 7) is 2.05. The Morgan fingerprint density at radius 1 is 1.44 bits per heavy atom. The summed E-state index contributed by atoms with van der Waals surface area (Å²) in [4.78, 5) is 5.67. The van der Waals surface area contributed by atoms with Crippen LogP contribution in [0.5, 0.6) is 0 Å². The van der Waals surface area contributed by atoms with Gasteiger partial charge in [-0.05, 0) is 47.4 Å². The van der Waals surface area contributed by atoms with E-state index in [1.807, 2.05) is 12.5 Å². The van der Waals surface area contributed by atoms with Gasteiger partial charge in [-0.1, -0.05) is 6.42 Å². The van der Waals surface area contributed by atoms with Crippen LogP contribution in [0.25, 0.3) is 0 Å². The zero-order chi connectivity index (χ0) is 12.4. The third-order valence-electron chi connectivity index (χ3n) is 3.37. The Hall–Kier alpha value is -0.650. The number of hydrogen-bond donors (Lipinski definition) is 1. The molecule has 1 aliphatic heterocycles. The Balaban J connectivity index is 1.78. The first-order valence-electron chi connectivity index (χ1n) is 6.30. The van der Waals surface area contributed by atoms with Crippen LogP contribution in [0.2, 0.25) is 0 Å². The van der Waals surface area contributed by atoms with E-state index in [0.29, 0.717) is 6.04 Å². The minimum Gasteiger partial charge on any atom is -0.328 e. The number of nitrogens with one attached hydrogen (secondary N) is 1. The number of piperidine rings is 1. The zero-order valence-electron chi connectivity index (χ0n) is 10.1. The molecule has 0 bridgehead atoms. The maximum Gasteiger partial charge on any atom is 0.0952 e. The Morgan fingerprint density at radius 3 is 3.11 bits per heavy atom. The van der Waals surface area contributed by atoms with Crippen molar-refractivity contribution in [2.24, 2.45) is 0 Å². The zero-order valence-corrected chi connectivity index (χ0v) is 12.5. The quantitative estimate of drug-likeness (QED) is 0.934. The summed E-state index contributed by atoms with van der Waals surface area (Å²) in [5.74, 6) is 0. The predicted molar refractivity (Wildman–Crippen MR) is 77.9 cm³/mol. The molecule has 0 saturated carbocycles. The number of nitrogens with zero attached hydrogens (tertiary/aromatic N) is 2. The van der Waals surface area contributed by atoms with Crippen molar-refractivity contribution in [2.75, 3.05) is 6.54 Å². The van der Waals surface area contributed by atoms with E-state index < -0.39 is 0 Å². The number of hydrogen-bond acceptors (Lipinski definition) is 3. The molecule has 3 rings (SSSR count).